The van der Waals surface area contributed by atoms with Crippen LogP contribution in [0.15, 0.2) is 24.3 Å². The number of amides is 1. The summed E-state index contributed by atoms with van der Waals surface area (Å²) < 4.78 is 12.9. The summed E-state index contributed by atoms with van der Waals surface area (Å²) in [7, 11) is 0. The summed E-state index contributed by atoms with van der Waals surface area (Å²) in [6.45, 7) is 3.92. The van der Waals surface area contributed by atoms with Crippen LogP contribution in [-0.2, 0) is 4.79 Å². The second-order valence-electron chi connectivity index (χ2n) is 5.82. The maximum absolute atomic E-state index is 12.9. The van der Waals surface area contributed by atoms with E-state index in [2.05, 4.69) is 10.2 Å². The van der Waals surface area contributed by atoms with E-state index in [1.165, 1.54) is 25.0 Å². The van der Waals surface area contributed by atoms with Crippen molar-refractivity contribution in [2.24, 2.45) is 0 Å². The zero-order valence-corrected chi connectivity index (χ0v) is 12.2. The first-order valence-electron chi connectivity index (χ1n) is 7.74. The van der Waals surface area contributed by atoms with Crippen LogP contribution < -0.4 is 10.2 Å². The molecule has 5 heteroatoms. The Morgan fingerprint density at radius 2 is 1.81 bits per heavy atom. The summed E-state index contributed by atoms with van der Waals surface area (Å²) >= 11 is 0. The number of carbonyl (C=O) groups is 1. The van der Waals surface area contributed by atoms with E-state index in [-0.39, 0.29) is 11.7 Å². The van der Waals surface area contributed by atoms with Gasteiger partial charge in [0.05, 0.1) is 0 Å². The average molecular weight is 291 g/mol. The van der Waals surface area contributed by atoms with Crippen LogP contribution in [0.5, 0.6) is 0 Å². The fourth-order valence-corrected chi connectivity index (χ4v) is 2.69. The Morgan fingerprint density at radius 3 is 2.43 bits per heavy atom. The average Bonchev–Trinajstić information content (AvgIpc) is 3.32. The first-order valence-corrected chi connectivity index (χ1v) is 7.74. The fraction of sp³-hybridized carbons (Fsp3) is 0.562. The zero-order valence-electron chi connectivity index (χ0n) is 12.2. The maximum atomic E-state index is 12.9. The third-order valence-electron chi connectivity index (χ3n) is 4.17. The van der Waals surface area contributed by atoms with Crippen LogP contribution in [0.3, 0.4) is 0 Å². The number of hydrogen-bond acceptors (Lipinski definition) is 3. The summed E-state index contributed by atoms with van der Waals surface area (Å²) in [6.07, 6.45) is 3.10. The van der Waals surface area contributed by atoms with E-state index in [1.54, 1.807) is 12.1 Å². The molecule has 2 aliphatic rings. The highest BCUT2D eigenvalue weighted by atomic mass is 19.1. The molecule has 0 atom stereocenters. The highest BCUT2D eigenvalue weighted by Crippen LogP contribution is 2.19. The van der Waals surface area contributed by atoms with Crippen molar-refractivity contribution in [1.29, 1.82) is 0 Å². The van der Waals surface area contributed by atoms with Crippen LogP contribution in [0, 0.1) is 5.82 Å². The van der Waals surface area contributed by atoms with Gasteiger partial charge in [-0.15, -0.1) is 0 Å². The van der Waals surface area contributed by atoms with E-state index < -0.39 is 0 Å². The van der Waals surface area contributed by atoms with Gasteiger partial charge >= 0.3 is 0 Å². The molecule has 1 amide bonds. The van der Waals surface area contributed by atoms with Crippen molar-refractivity contribution in [2.75, 3.05) is 37.6 Å². The van der Waals surface area contributed by atoms with E-state index in [1.807, 2.05) is 4.90 Å². The Morgan fingerprint density at radius 1 is 1.14 bits per heavy atom. The van der Waals surface area contributed by atoms with Crippen LogP contribution >= 0.6 is 0 Å². The molecule has 0 bridgehead atoms. The van der Waals surface area contributed by atoms with Crippen LogP contribution in [0.1, 0.15) is 19.3 Å². The van der Waals surface area contributed by atoms with Crippen molar-refractivity contribution in [2.45, 2.75) is 25.3 Å². The number of hydrogen-bond donors (Lipinski definition) is 1. The van der Waals surface area contributed by atoms with E-state index in [0.717, 1.165) is 38.4 Å². The lowest BCUT2D eigenvalue weighted by atomic mass is 10.2. The monoisotopic (exact) mass is 291 g/mol. The summed E-state index contributed by atoms with van der Waals surface area (Å²) in [5, 5.41) is 3.37. The maximum Gasteiger partial charge on any atom is 0.223 e. The molecule has 3 rings (SSSR count). The molecule has 2 fully saturated rings. The van der Waals surface area contributed by atoms with E-state index in [0.29, 0.717) is 12.5 Å². The fourth-order valence-electron chi connectivity index (χ4n) is 2.69. The molecule has 1 heterocycles. The molecule has 0 unspecified atom stereocenters. The van der Waals surface area contributed by atoms with E-state index >= 15 is 0 Å². The van der Waals surface area contributed by atoms with E-state index in [4.69, 9.17) is 0 Å². The lowest BCUT2D eigenvalue weighted by Gasteiger charge is -2.36. The molecule has 1 aliphatic carbocycles. The van der Waals surface area contributed by atoms with Gasteiger partial charge in [0, 0.05) is 50.9 Å². The minimum absolute atomic E-state index is 0.212. The van der Waals surface area contributed by atoms with Gasteiger partial charge in [0.1, 0.15) is 5.82 Å². The van der Waals surface area contributed by atoms with Gasteiger partial charge in [-0.1, -0.05) is 0 Å². The Balaban J connectivity index is 1.43. The summed E-state index contributed by atoms with van der Waals surface area (Å²) in [6, 6.07) is 7.22. The Labute approximate surface area is 124 Å². The predicted molar refractivity (Wildman–Crippen MR) is 80.8 cm³/mol. The highest BCUT2D eigenvalue weighted by molar-refractivity contribution is 5.76. The number of nitrogens with zero attached hydrogens (tertiary/aromatic N) is 2. The third kappa shape index (κ3) is 3.94. The van der Waals surface area contributed by atoms with Gasteiger partial charge in [-0.05, 0) is 37.1 Å². The standard InChI is InChI=1S/C16H22FN3O/c17-13-1-5-15(6-2-13)19-9-11-20(12-10-19)16(21)7-8-18-14-3-4-14/h1-2,5-6,14,18H,3-4,7-12H2. The molecule has 1 saturated heterocycles. The van der Waals surface area contributed by atoms with Crippen molar-refractivity contribution in [3.05, 3.63) is 30.1 Å². The second-order valence-corrected chi connectivity index (χ2v) is 5.82. The normalized spacial score (nSPS) is 18.9. The Hall–Kier alpha value is -1.62. The molecule has 1 aromatic rings. The summed E-state index contributed by atoms with van der Waals surface area (Å²) in [4.78, 5) is 16.2. The molecule has 1 aliphatic heterocycles. The number of rotatable bonds is 5. The van der Waals surface area contributed by atoms with Crippen LogP contribution in [0.25, 0.3) is 0 Å². The SMILES string of the molecule is O=C(CCNC1CC1)N1CCN(c2ccc(F)cc2)CC1. The predicted octanol–water partition coefficient (Wildman–Crippen LogP) is 1.62. The van der Waals surface area contributed by atoms with E-state index in [9.17, 15) is 9.18 Å². The van der Waals surface area contributed by atoms with Crippen molar-refractivity contribution < 1.29 is 9.18 Å². The number of anilines is 1. The first-order chi connectivity index (χ1) is 10.2. The molecule has 0 spiro atoms. The van der Waals surface area contributed by atoms with Gasteiger partial charge in [-0.2, -0.15) is 0 Å². The van der Waals surface area contributed by atoms with Gasteiger partial charge < -0.3 is 15.1 Å². The largest absolute Gasteiger partial charge is 0.368 e. The lowest BCUT2D eigenvalue weighted by Crippen LogP contribution is -2.49. The molecule has 1 saturated carbocycles. The van der Waals surface area contributed by atoms with Crippen LogP contribution in [0.4, 0.5) is 10.1 Å². The van der Waals surface area contributed by atoms with Gasteiger partial charge in [0.25, 0.3) is 0 Å². The number of nitrogens with one attached hydrogen (secondary N) is 1. The summed E-state index contributed by atoms with van der Waals surface area (Å²) in [5.41, 5.74) is 1.03. The number of piperazine rings is 1. The van der Waals surface area contributed by atoms with Crippen LogP contribution in [-0.4, -0.2) is 49.6 Å². The molecule has 114 valence electrons. The van der Waals surface area contributed by atoms with Gasteiger partial charge in [0.2, 0.25) is 5.91 Å². The molecular formula is C16H22FN3O. The summed E-state index contributed by atoms with van der Waals surface area (Å²) in [5.74, 6) is 0.0256. The Kier molecular flexibility index (Phi) is 4.39. The first kappa shape index (κ1) is 14.3. The zero-order chi connectivity index (χ0) is 14.7. The van der Waals surface area contributed by atoms with Gasteiger partial charge in [-0.25, -0.2) is 4.39 Å². The van der Waals surface area contributed by atoms with Gasteiger partial charge in [-0.3, -0.25) is 4.79 Å². The molecule has 0 aromatic heterocycles. The number of benzene rings is 1. The lowest BCUT2D eigenvalue weighted by molar-refractivity contribution is -0.131. The molecule has 0 radical (unpaired) electrons. The molecule has 4 nitrogen and oxygen atoms in total. The smallest absolute Gasteiger partial charge is 0.223 e. The number of halogens is 1. The molecule has 21 heavy (non-hydrogen) atoms. The molecular weight excluding hydrogens is 269 g/mol. The van der Waals surface area contributed by atoms with Crippen molar-refractivity contribution in [3.63, 3.8) is 0 Å². The van der Waals surface area contributed by atoms with Crippen molar-refractivity contribution in [3.8, 4) is 0 Å². The van der Waals surface area contributed by atoms with Crippen molar-refractivity contribution in [1.82, 2.24) is 10.2 Å². The van der Waals surface area contributed by atoms with Crippen LogP contribution in [0.2, 0.25) is 0 Å². The quantitative estimate of drug-likeness (QED) is 0.895. The molecule has 1 aromatic carbocycles. The number of carbonyl (C=O) groups excluding carboxylic acids is 1. The highest BCUT2D eigenvalue weighted by Gasteiger charge is 2.23. The third-order valence-corrected chi connectivity index (χ3v) is 4.17. The van der Waals surface area contributed by atoms with Crippen molar-refractivity contribution >= 4 is 11.6 Å². The second kappa shape index (κ2) is 6.43. The topological polar surface area (TPSA) is 35.6 Å². The minimum Gasteiger partial charge on any atom is -0.368 e. The Bertz CT molecular complexity index is 479. The minimum atomic E-state index is -0.212. The molecule has 1 N–H and O–H groups in total. The van der Waals surface area contributed by atoms with Gasteiger partial charge in [0.15, 0.2) is 0 Å².